The molecule has 1 unspecified atom stereocenters. The van der Waals surface area contributed by atoms with Gasteiger partial charge in [-0.3, -0.25) is 0 Å². The normalized spacial score (nSPS) is 17.9. The molecule has 1 atom stereocenters. The molecule has 1 aliphatic carbocycles. The maximum absolute atomic E-state index is 10.2. The lowest BCUT2D eigenvalue weighted by Gasteiger charge is -2.32. The van der Waals surface area contributed by atoms with E-state index >= 15 is 0 Å². The van der Waals surface area contributed by atoms with Crippen LogP contribution in [-0.4, -0.2) is 17.7 Å². The van der Waals surface area contributed by atoms with Gasteiger partial charge in [-0.15, -0.1) is 0 Å². The fourth-order valence-electron chi connectivity index (χ4n) is 3.09. The zero-order valence-corrected chi connectivity index (χ0v) is 11.6. The maximum atomic E-state index is 10.2. The Morgan fingerprint density at radius 2 is 1.89 bits per heavy atom. The van der Waals surface area contributed by atoms with Crippen molar-refractivity contribution in [1.29, 1.82) is 0 Å². The van der Waals surface area contributed by atoms with Crippen molar-refractivity contribution < 1.29 is 5.11 Å². The number of rotatable bonds is 5. The molecule has 1 saturated carbocycles. The Balaban J connectivity index is 2.29. The van der Waals surface area contributed by atoms with Crippen LogP contribution in [0.5, 0.6) is 0 Å². The summed E-state index contributed by atoms with van der Waals surface area (Å²) >= 11 is 0. The van der Waals surface area contributed by atoms with Gasteiger partial charge in [-0.05, 0) is 32.3 Å². The van der Waals surface area contributed by atoms with Gasteiger partial charge in [0.05, 0.1) is 6.10 Å². The summed E-state index contributed by atoms with van der Waals surface area (Å²) in [5.41, 5.74) is 2.33. The van der Waals surface area contributed by atoms with E-state index in [9.17, 15) is 5.11 Å². The first kappa shape index (κ1) is 13.4. The molecule has 0 radical (unpaired) electrons. The Bertz CT molecular complexity index is 371. The number of nitrogens with zero attached hydrogens (tertiary/aromatic N) is 1. The number of hydrogen-bond acceptors (Lipinski definition) is 2. The van der Waals surface area contributed by atoms with E-state index in [4.69, 9.17) is 0 Å². The molecule has 2 nitrogen and oxygen atoms in total. The minimum Gasteiger partial charge on any atom is -0.388 e. The number of aliphatic hydroxyl groups is 1. The lowest BCUT2D eigenvalue weighted by molar-refractivity contribution is 0.174. The van der Waals surface area contributed by atoms with Gasteiger partial charge in [0.1, 0.15) is 0 Å². The van der Waals surface area contributed by atoms with Gasteiger partial charge in [-0.1, -0.05) is 38.0 Å². The fourth-order valence-corrected chi connectivity index (χ4v) is 3.09. The molecule has 0 saturated heterocycles. The van der Waals surface area contributed by atoms with Gasteiger partial charge in [-0.25, -0.2) is 0 Å². The average molecular weight is 247 g/mol. The van der Waals surface area contributed by atoms with E-state index in [1.165, 1.54) is 31.4 Å². The van der Waals surface area contributed by atoms with Gasteiger partial charge >= 0.3 is 0 Å². The molecule has 1 fully saturated rings. The first-order valence-electron chi connectivity index (χ1n) is 7.31. The molecule has 0 spiro atoms. The number of anilines is 1. The van der Waals surface area contributed by atoms with Crippen LogP contribution in [0.2, 0.25) is 0 Å². The molecule has 100 valence electrons. The van der Waals surface area contributed by atoms with Crippen molar-refractivity contribution in [2.45, 2.75) is 58.1 Å². The van der Waals surface area contributed by atoms with E-state index in [0.29, 0.717) is 6.04 Å². The minimum absolute atomic E-state index is 0.336. The molecule has 18 heavy (non-hydrogen) atoms. The molecule has 1 N–H and O–H groups in total. The first-order valence-corrected chi connectivity index (χ1v) is 7.31. The second-order valence-corrected chi connectivity index (χ2v) is 5.21. The monoisotopic (exact) mass is 247 g/mol. The van der Waals surface area contributed by atoms with Crippen molar-refractivity contribution in [1.82, 2.24) is 0 Å². The molecule has 0 aromatic heterocycles. The summed E-state index contributed by atoms with van der Waals surface area (Å²) in [6.45, 7) is 5.28. The molecule has 2 heteroatoms. The number of aliphatic hydroxyl groups excluding tert-OH is 1. The quantitative estimate of drug-likeness (QED) is 0.853. The predicted molar refractivity (Wildman–Crippen MR) is 77.0 cm³/mol. The van der Waals surface area contributed by atoms with E-state index in [0.717, 1.165) is 18.5 Å². The standard InChI is InChI=1S/C16H25NO/c1-3-16(18)14-11-7-8-12-15(14)17(4-2)13-9-5-6-10-13/h7-8,11-13,16,18H,3-6,9-10H2,1-2H3. The largest absolute Gasteiger partial charge is 0.388 e. The molecular formula is C16H25NO. The number of hydrogen-bond donors (Lipinski definition) is 1. The van der Waals surface area contributed by atoms with Crippen LogP contribution in [0.3, 0.4) is 0 Å². The highest BCUT2D eigenvalue weighted by molar-refractivity contribution is 5.55. The molecule has 0 bridgehead atoms. The van der Waals surface area contributed by atoms with Gasteiger partial charge in [0.25, 0.3) is 0 Å². The van der Waals surface area contributed by atoms with Crippen molar-refractivity contribution in [2.24, 2.45) is 0 Å². The topological polar surface area (TPSA) is 23.5 Å². The lowest BCUT2D eigenvalue weighted by Crippen LogP contribution is -2.33. The third kappa shape index (κ3) is 2.69. The third-order valence-electron chi connectivity index (χ3n) is 4.10. The summed E-state index contributed by atoms with van der Waals surface area (Å²) in [4.78, 5) is 2.49. The number of para-hydroxylation sites is 1. The Morgan fingerprint density at radius 3 is 2.50 bits per heavy atom. The van der Waals surface area contributed by atoms with Gasteiger partial charge < -0.3 is 10.0 Å². The van der Waals surface area contributed by atoms with Crippen LogP contribution in [0.15, 0.2) is 24.3 Å². The predicted octanol–water partition coefficient (Wildman–Crippen LogP) is 3.90. The molecule has 0 aliphatic heterocycles. The molecule has 1 aliphatic rings. The Morgan fingerprint density at radius 1 is 1.22 bits per heavy atom. The Hall–Kier alpha value is -1.02. The molecule has 0 heterocycles. The molecular weight excluding hydrogens is 222 g/mol. The summed E-state index contributed by atoms with van der Waals surface area (Å²) in [5, 5.41) is 10.2. The van der Waals surface area contributed by atoms with E-state index < -0.39 is 0 Å². The smallest absolute Gasteiger partial charge is 0.0807 e. The van der Waals surface area contributed by atoms with Crippen molar-refractivity contribution in [3.05, 3.63) is 29.8 Å². The maximum Gasteiger partial charge on any atom is 0.0807 e. The van der Waals surface area contributed by atoms with Gasteiger partial charge in [0.2, 0.25) is 0 Å². The van der Waals surface area contributed by atoms with Crippen molar-refractivity contribution in [3.8, 4) is 0 Å². The van der Waals surface area contributed by atoms with Crippen LogP contribution in [0.25, 0.3) is 0 Å². The van der Waals surface area contributed by atoms with Gasteiger partial charge in [0, 0.05) is 23.8 Å². The van der Waals surface area contributed by atoms with Crippen LogP contribution in [0.1, 0.15) is 57.6 Å². The van der Waals surface area contributed by atoms with Crippen LogP contribution < -0.4 is 4.90 Å². The summed E-state index contributed by atoms with van der Waals surface area (Å²) in [5.74, 6) is 0. The van der Waals surface area contributed by atoms with E-state index in [2.05, 4.69) is 30.0 Å². The molecule has 2 rings (SSSR count). The van der Waals surface area contributed by atoms with Crippen molar-refractivity contribution in [3.63, 3.8) is 0 Å². The Labute approximate surface area is 111 Å². The summed E-state index contributed by atoms with van der Waals surface area (Å²) < 4.78 is 0. The summed E-state index contributed by atoms with van der Waals surface area (Å²) in [6, 6.07) is 9.01. The fraction of sp³-hybridized carbons (Fsp3) is 0.625. The molecule has 1 aromatic carbocycles. The van der Waals surface area contributed by atoms with E-state index in [1.807, 2.05) is 13.0 Å². The lowest BCUT2D eigenvalue weighted by atomic mass is 10.0. The van der Waals surface area contributed by atoms with Crippen LogP contribution in [0.4, 0.5) is 5.69 Å². The third-order valence-corrected chi connectivity index (χ3v) is 4.10. The highest BCUT2D eigenvalue weighted by Crippen LogP contribution is 2.33. The van der Waals surface area contributed by atoms with Gasteiger partial charge in [0.15, 0.2) is 0 Å². The SMILES string of the molecule is CCC(O)c1ccccc1N(CC)C1CCCC1. The van der Waals surface area contributed by atoms with Crippen LogP contribution in [-0.2, 0) is 0 Å². The highest BCUT2D eigenvalue weighted by Gasteiger charge is 2.24. The number of benzene rings is 1. The Kier molecular flexibility index (Phi) is 4.65. The second kappa shape index (κ2) is 6.24. The van der Waals surface area contributed by atoms with E-state index in [-0.39, 0.29) is 6.10 Å². The van der Waals surface area contributed by atoms with Crippen molar-refractivity contribution >= 4 is 5.69 Å². The van der Waals surface area contributed by atoms with Crippen molar-refractivity contribution in [2.75, 3.05) is 11.4 Å². The summed E-state index contributed by atoms with van der Waals surface area (Å²) in [7, 11) is 0. The van der Waals surface area contributed by atoms with Crippen LogP contribution >= 0.6 is 0 Å². The first-order chi connectivity index (χ1) is 8.77. The molecule has 0 amide bonds. The minimum atomic E-state index is -0.336. The van der Waals surface area contributed by atoms with Gasteiger partial charge in [-0.2, -0.15) is 0 Å². The molecule has 1 aromatic rings. The average Bonchev–Trinajstić information content (AvgIpc) is 2.93. The highest BCUT2D eigenvalue weighted by atomic mass is 16.3. The summed E-state index contributed by atoms with van der Waals surface area (Å²) in [6.07, 6.45) is 5.73. The zero-order valence-electron chi connectivity index (χ0n) is 11.6. The zero-order chi connectivity index (χ0) is 13.0. The second-order valence-electron chi connectivity index (χ2n) is 5.21. The van der Waals surface area contributed by atoms with Crippen LogP contribution in [0, 0.1) is 0 Å². The van der Waals surface area contributed by atoms with E-state index in [1.54, 1.807) is 0 Å².